The van der Waals surface area contributed by atoms with Gasteiger partial charge in [0, 0.05) is 38.1 Å². The fourth-order valence-electron chi connectivity index (χ4n) is 2.94. The molecule has 3 heterocycles. The van der Waals surface area contributed by atoms with Crippen LogP contribution in [0.4, 0.5) is 0 Å². The molecule has 7 heteroatoms. The summed E-state index contributed by atoms with van der Waals surface area (Å²) in [5, 5.41) is 19.3. The van der Waals surface area contributed by atoms with Gasteiger partial charge in [0.25, 0.3) is 0 Å². The number of hydrogen-bond donors (Lipinski definition) is 1. The molecule has 0 amide bonds. The molecule has 0 bridgehead atoms. The Hall–Kier alpha value is -1.73. The van der Waals surface area contributed by atoms with E-state index in [-0.39, 0.29) is 6.04 Å². The van der Waals surface area contributed by atoms with Gasteiger partial charge in [-0.25, -0.2) is 9.67 Å². The molecule has 1 aliphatic heterocycles. The van der Waals surface area contributed by atoms with E-state index in [9.17, 15) is 5.11 Å². The first-order valence-electron chi connectivity index (χ1n) is 7.90. The number of aromatic nitrogens is 5. The van der Waals surface area contributed by atoms with Crippen molar-refractivity contribution >= 4 is 0 Å². The van der Waals surface area contributed by atoms with Crippen LogP contribution in [-0.2, 0) is 12.1 Å². The van der Waals surface area contributed by atoms with Gasteiger partial charge in [-0.1, -0.05) is 5.21 Å². The van der Waals surface area contributed by atoms with Gasteiger partial charge in [-0.05, 0) is 33.2 Å². The van der Waals surface area contributed by atoms with Crippen LogP contribution >= 0.6 is 0 Å². The highest BCUT2D eigenvalue weighted by atomic mass is 16.3. The van der Waals surface area contributed by atoms with Crippen LogP contribution in [0.1, 0.15) is 38.4 Å². The Morgan fingerprint density at radius 3 is 2.91 bits per heavy atom. The Labute approximate surface area is 130 Å². The summed E-state index contributed by atoms with van der Waals surface area (Å²) in [5.41, 5.74) is -0.200. The molecule has 1 aliphatic rings. The second-order valence-corrected chi connectivity index (χ2v) is 6.39. The highest BCUT2D eigenvalue weighted by Crippen LogP contribution is 2.30. The molecular formula is C15H24N6O. The lowest BCUT2D eigenvalue weighted by Gasteiger charge is -2.38. The number of likely N-dealkylation sites (tertiary alicyclic amines) is 1. The summed E-state index contributed by atoms with van der Waals surface area (Å²) >= 11 is 0. The van der Waals surface area contributed by atoms with Crippen molar-refractivity contribution in [2.24, 2.45) is 0 Å². The maximum atomic E-state index is 11.0. The average Bonchev–Trinajstić information content (AvgIpc) is 3.17. The van der Waals surface area contributed by atoms with E-state index in [0.717, 1.165) is 32.5 Å². The first-order valence-corrected chi connectivity index (χ1v) is 7.90. The van der Waals surface area contributed by atoms with Crippen LogP contribution in [0, 0.1) is 0 Å². The Kier molecular flexibility index (Phi) is 4.26. The van der Waals surface area contributed by atoms with Crippen molar-refractivity contribution in [3.05, 3.63) is 30.6 Å². The molecule has 0 aromatic carbocycles. The van der Waals surface area contributed by atoms with Crippen molar-refractivity contribution in [1.82, 2.24) is 29.4 Å². The lowest BCUT2D eigenvalue weighted by molar-refractivity contribution is -0.0396. The molecule has 3 rings (SSSR count). The predicted octanol–water partition coefficient (Wildman–Crippen LogP) is 1.04. The molecule has 120 valence electrons. The Balaban J connectivity index is 1.65. The Bertz CT molecular complexity index is 593. The third-order valence-electron chi connectivity index (χ3n) is 4.30. The van der Waals surface area contributed by atoms with E-state index in [0.29, 0.717) is 12.2 Å². The number of rotatable bonds is 5. The summed E-state index contributed by atoms with van der Waals surface area (Å²) in [6.07, 6.45) is 9.16. The monoisotopic (exact) mass is 304 g/mol. The molecule has 0 spiro atoms. The molecule has 1 saturated heterocycles. The first-order chi connectivity index (χ1) is 10.6. The van der Waals surface area contributed by atoms with E-state index in [1.165, 1.54) is 0 Å². The smallest absolute Gasteiger partial charge is 0.123 e. The molecule has 1 fully saturated rings. The van der Waals surface area contributed by atoms with E-state index in [2.05, 4.69) is 38.6 Å². The zero-order valence-corrected chi connectivity index (χ0v) is 13.3. The topological polar surface area (TPSA) is 72.0 Å². The van der Waals surface area contributed by atoms with Gasteiger partial charge in [0.2, 0.25) is 0 Å². The molecule has 2 aromatic rings. The Morgan fingerprint density at radius 2 is 2.23 bits per heavy atom. The second kappa shape index (κ2) is 6.18. The molecule has 1 N–H and O–H groups in total. The summed E-state index contributed by atoms with van der Waals surface area (Å²) in [6, 6.07) is 0.255. The van der Waals surface area contributed by atoms with Crippen LogP contribution in [-0.4, -0.2) is 54.2 Å². The SMILES string of the molecule is CC(C)n1cc(C2(O)CCCN(CCn3ccnc3)C2)nn1. The molecule has 22 heavy (non-hydrogen) atoms. The number of β-amino-alcohol motifs (C(OH)–C–C–N with tert-alkyl or cyclic N) is 1. The number of hydrogen-bond acceptors (Lipinski definition) is 5. The Morgan fingerprint density at radius 1 is 1.36 bits per heavy atom. The quantitative estimate of drug-likeness (QED) is 0.893. The lowest BCUT2D eigenvalue weighted by atomic mass is 9.90. The van der Waals surface area contributed by atoms with Gasteiger partial charge in [-0.15, -0.1) is 5.10 Å². The minimum atomic E-state index is -0.889. The van der Waals surface area contributed by atoms with Crippen molar-refractivity contribution in [2.75, 3.05) is 19.6 Å². The first kappa shape index (κ1) is 15.2. The zero-order valence-electron chi connectivity index (χ0n) is 13.3. The normalized spacial score (nSPS) is 23.3. The largest absolute Gasteiger partial charge is 0.382 e. The minimum absolute atomic E-state index is 0.255. The van der Waals surface area contributed by atoms with Crippen LogP contribution in [0.15, 0.2) is 24.9 Å². The van der Waals surface area contributed by atoms with Gasteiger partial charge in [0.15, 0.2) is 0 Å². The molecule has 0 radical (unpaired) electrons. The van der Waals surface area contributed by atoms with Crippen LogP contribution < -0.4 is 0 Å². The third kappa shape index (κ3) is 3.20. The van der Waals surface area contributed by atoms with E-state index in [1.54, 1.807) is 10.9 Å². The van der Waals surface area contributed by atoms with E-state index in [1.807, 2.05) is 18.7 Å². The summed E-state index contributed by atoms with van der Waals surface area (Å²) in [6.45, 7) is 7.52. The number of piperidine rings is 1. The molecular weight excluding hydrogens is 280 g/mol. The van der Waals surface area contributed by atoms with E-state index in [4.69, 9.17) is 0 Å². The van der Waals surface area contributed by atoms with Gasteiger partial charge in [-0.2, -0.15) is 0 Å². The van der Waals surface area contributed by atoms with Crippen molar-refractivity contribution in [3.63, 3.8) is 0 Å². The molecule has 7 nitrogen and oxygen atoms in total. The standard InChI is InChI=1S/C15H24N6O/c1-13(2)21-10-14(17-18-21)15(22)4-3-6-19(11-15)8-9-20-7-5-16-12-20/h5,7,10,12-13,22H,3-4,6,8-9,11H2,1-2H3. The summed E-state index contributed by atoms with van der Waals surface area (Å²) in [5.74, 6) is 0. The van der Waals surface area contributed by atoms with Gasteiger partial charge in [0.1, 0.15) is 11.3 Å². The van der Waals surface area contributed by atoms with Crippen molar-refractivity contribution in [1.29, 1.82) is 0 Å². The van der Waals surface area contributed by atoms with Crippen molar-refractivity contribution in [3.8, 4) is 0 Å². The maximum absolute atomic E-state index is 11.0. The number of nitrogens with zero attached hydrogens (tertiary/aromatic N) is 6. The fourth-order valence-corrected chi connectivity index (χ4v) is 2.94. The molecule has 1 unspecified atom stereocenters. The van der Waals surface area contributed by atoms with Crippen LogP contribution in [0.5, 0.6) is 0 Å². The number of imidazole rings is 1. The lowest BCUT2D eigenvalue weighted by Crippen LogP contribution is -2.47. The minimum Gasteiger partial charge on any atom is -0.382 e. The van der Waals surface area contributed by atoms with Crippen molar-refractivity contribution < 1.29 is 5.11 Å². The van der Waals surface area contributed by atoms with Crippen LogP contribution in [0.25, 0.3) is 0 Å². The predicted molar refractivity (Wildman–Crippen MR) is 82.2 cm³/mol. The highest BCUT2D eigenvalue weighted by Gasteiger charge is 2.37. The zero-order chi connectivity index (χ0) is 15.6. The molecule has 0 saturated carbocycles. The second-order valence-electron chi connectivity index (χ2n) is 6.39. The average molecular weight is 304 g/mol. The fraction of sp³-hybridized carbons (Fsp3) is 0.667. The molecule has 1 atom stereocenters. The summed E-state index contributed by atoms with van der Waals surface area (Å²) < 4.78 is 3.86. The third-order valence-corrected chi connectivity index (χ3v) is 4.30. The highest BCUT2D eigenvalue weighted by molar-refractivity contribution is 5.09. The van der Waals surface area contributed by atoms with Crippen LogP contribution in [0.2, 0.25) is 0 Å². The molecule has 2 aromatic heterocycles. The molecule has 0 aliphatic carbocycles. The van der Waals surface area contributed by atoms with Crippen molar-refractivity contribution in [2.45, 2.75) is 44.9 Å². The van der Waals surface area contributed by atoms with Crippen LogP contribution in [0.3, 0.4) is 0 Å². The van der Waals surface area contributed by atoms with Gasteiger partial charge in [0.05, 0.1) is 12.5 Å². The van der Waals surface area contributed by atoms with Gasteiger partial charge in [-0.3, -0.25) is 4.90 Å². The number of aliphatic hydroxyl groups is 1. The van der Waals surface area contributed by atoms with Gasteiger partial charge < -0.3 is 9.67 Å². The maximum Gasteiger partial charge on any atom is 0.123 e. The summed E-state index contributed by atoms with van der Waals surface area (Å²) in [7, 11) is 0. The summed E-state index contributed by atoms with van der Waals surface area (Å²) in [4.78, 5) is 6.34. The van der Waals surface area contributed by atoms with E-state index < -0.39 is 5.60 Å². The van der Waals surface area contributed by atoms with Gasteiger partial charge >= 0.3 is 0 Å². The van der Waals surface area contributed by atoms with E-state index >= 15 is 0 Å².